The number of hydrogen-bond acceptors (Lipinski definition) is 8. The largest absolute Gasteiger partial charge is 0.492 e. The summed E-state index contributed by atoms with van der Waals surface area (Å²) in [7, 11) is 0. The molecule has 45 heavy (non-hydrogen) atoms. The molecule has 2 aromatic carbocycles. The van der Waals surface area contributed by atoms with Crippen LogP contribution in [0.1, 0.15) is 49.9 Å². The Morgan fingerprint density at radius 3 is 2.42 bits per heavy atom. The molecule has 4 atom stereocenters. The number of unbranched alkanes of at least 4 members (excludes halogenated alkanes) is 1. The van der Waals surface area contributed by atoms with Gasteiger partial charge in [0.15, 0.2) is 0 Å². The Labute approximate surface area is 262 Å². The lowest BCUT2D eigenvalue weighted by atomic mass is 10.0. The lowest BCUT2D eigenvalue weighted by Crippen LogP contribution is -2.60. The topological polar surface area (TPSA) is 177 Å². The van der Waals surface area contributed by atoms with Crippen molar-refractivity contribution in [2.24, 2.45) is 0 Å². The van der Waals surface area contributed by atoms with Gasteiger partial charge in [0.1, 0.15) is 36.2 Å². The Kier molecular flexibility index (Phi) is 12.0. The van der Waals surface area contributed by atoms with Crippen LogP contribution in [0.4, 0.5) is 0 Å². The SMILES string of the molecule is CCCC[C@@H]1NC(=O)Cc2ccc(cc2)OCCn2cc(nn2)CNC(=O)[C@H](Cc2ccccc2)NC(=O)[C@H]([C@@H](C)O)NC1=O. The first-order chi connectivity index (χ1) is 21.7. The summed E-state index contributed by atoms with van der Waals surface area (Å²) in [5.74, 6) is -1.56. The number of aliphatic hydroxyl groups is 1. The van der Waals surface area contributed by atoms with E-state index in [-0.39, 0.29) is 25.3 Å². The molecule has 2 aliphatic rings. The number of ether oxygens (including phenoxy) is 1. The van der Waals surface area contributed by atoms with Crippen molar-refractivity contribution in [2.75, 3.05) is 6.61 Å². The van der Waals surface area contributed by atoms with Crippen molar-refractivity contribution in [3.63, 3.8) is 0 Å². The molecule has 5 rings (SSSR count). The van der Waals surface area contributed by atoms with Gasteiger partial charge in [0.2, 0.25) is 23.6 Å². The van der Waals surface area contributed by atoms with Crippen LogP contribution in [-0.2, 0) is 45.1 Å². The molecule has 0 aliphatic carbocycles. The molecule has 1 aromatic heterocycles. The second-order valence-electron chi connectivity index (χ2n) is 11.1. The first-order valence-electron chi connectivity index (χ1n) is 15.2. The third-order valence-electron chi connectivity index (χ3n) is 7.38. The highest BCUT2D eigenvalue weighted by atomic mass is 16.5. The number of benzene rings is 2. The molecule has 4 bridgehead atoms. The van der Waals surface area contributed by atoms with Gasteiger partial charge in [-0.05, 0) is 36.6 Å². The summed E-state index contributed by atoms with van der Waals surface area (Å²) in [6.07, 6.45) is 2.39. The molecule has 3 aromatic rings. The van der Waals surface area contributed by atoms with Gasteiger partial charge in [-0.25, -0.2) is 4.68 Å². The summed E-state index contributed by atoms with van der Waals surface area (Å²) in [6, 6.07) is 12.9. The number of carbonyl (C=O) groups excluding carboxylic acids is 4. The van der Waals surface area contributed by atoms with E-state index < -0.39 is 42.0 Å². The van der Waals surface area contributed by atoms with Crippen LogP contribution in [0, 0.1) is 0 Å². The number of hydrogen-bond donors (Lipinski definition) is 5. The van der Waals surface area contributed by atoms with Crippen LogP contribution in [0.15, 0.2) is 60.8 Å². The average molecular weight is 620 g/mol. The molecule has 13 nitrogen and oxygen atoms in total. The number of amides is 4. The summed E-state index contributed by atoms with van der Waals surface area (Å²) >= 11 is 0. The highest BCUT2D eigenvalue weighted by Gasteiger charge is 2.32. The van der Waals surface area contributed by atoms with Gasteiger partial charge < -0.3 is 31.1 Å². The first kappa shape index (κ1) is 33.1. The summed E-state index contributed by atoms with van der Waals surface area (Å²) in [4.78, 5) is 53.2. The minimum atomic E-state index is -1.38. The number of rotatable bonds is 6. The van der Waals surface area contributed by atoms with Crippen molar-refractivity contribution in [1.82, 2.24) is 36.3 Å². The Bertz CT molecular complexity index is 1430. The number of aliphatic hydroxyl groups excluding tert-OH is 1. The van der Waals surface area contributed by atoms with E-state index in [1.165, 1.54) is 6.92 Å². The van der Waals surface area contributed by atoms with Crippen LogP contribution in [0.5, 0.6) is 5.75 Å². The number of carbonyl (C=O) groups is 4. The number of aromatic nitrogens is 3. The fourth-order valence-corrected chi connectivity index (χ4v) is 4.88. The van der Waals surface area contributed by atoms with Crippen molar-refractivity contribution in [3.05, 3.63) is 77.6 Å². The van der Waals surface area contributed by atoms with E-state index in [2.05, 4.69) is 31.6 Å². The van der Waals surface area contributed by atoms with Gasteiger partial charge in [-0.1, -0.05) is 67.4 Å². The molecule has 0 fully saturated rings. The first-order valence-corrected chi connectivity index (χ1v) is 15.2. The zero-order chi connectivity index (χ0) is 32.2. The maximum Gasteiger partial charge on any atom is 0.245 e. The van der Waals surface area contributed by atoms with Crippen LogP contribution in [-0.4, -0.2) is 74.6 Å². The Morgan fingerprint density at radius 1 is 0.956 bits per heavy atom. The summed E-state index contributed by atoms with van der Waals surface area (Å²) in [5, 5.41) is 29.6. The molecule has 2 aliphatic heterocycles. The van der Waals surface area contributed by atoms with Crippen LogP contribution >= 0.6 is 0 Å². The standard InChI is InChI=1S/C32H41N7O6/c1-3-4-10-26-31(43)36-29(21(2)40)32(44)35-27(17-22-8-6-5-7-9-22)30(42)33-19-24-20-39(38-37-24)15-16-45-25-13-11-23(12-14-25)18-28(41)34-26/h5-9,11-14,20-21,26-27,29,40H,3-4,10,15-19H2,1-2H3,(H,33,42)(H,34,41)(H,35,44)(H,36,43)/t21-,26+,27+,29+/m1/s1. The van der Waals surface area contributed by atoms with Crippen molar-refractivity contribution in [3.8, 4) is 5.75 Å². The summed E-state index contributed by atoms with van der Waals surface area (Å²) < 4.78 is 7.41. The van der Waals surface area contributed by atoms with E-state index in [0.29, 0.717) is 37.4 Å². The van der Waals surface area contributed by atoms with Crippen molar-refractivity contribution < 1.29 is 29.0 Å². The Morgan fingerprint density at radius 2 is 1.71 bits per heavy atom. The normalized spacial score (nSPS) is 21.1. The average Bonchev–Trinajstić information content (AvgIpc) is 3.48. The Hall–Kier alpha value is -4.78. The van der Waals surface area contributed by atoms with Gasteiger partial charge in [-0.15, -0.1) is 5.10 Å². The van der Waals surface area contributed by atoms with Crippen LogP contribution < -0.4 is 26.0 Å². The van der Waals surface area contributed by atoms with E-state index in [0.717, 1.165) is 17.5 Å². The monoisotopic (exact) mass is 619 g/mol. The van der Waals surface area contributed by atoms with E-state index >= 15 is 0 Å². The van der Waals surface area contributed by atoms with Crippen molar-refractivity contribution in [2.45, 2.75) is 83.3 Å². The van der Waals surface area contributed by atoms with Crippen molar-refractivity contribution in [1.29, 1.82) is 0 Å². The molecule has 5 N–H and O–H groups in total. The van der Waals surface area contributed by atoms with Crippen LogP contribution in [0.25, 0.3) is 0 Å². The van der Waals surface area contributed by atoms with Gasteiger partial charge in [0.25, 0.3) is 0 Å². The quantitative estimate of drug-likeness (QED) is 0.252. The second kappa shape index (κ2) is 16.3. The highest BCUT2D eigenvalue weighted by Crippen LogP contribution is 2.14. The van der Waals surface area contributed by atoms with Gasteiger partial charge in [0, 0.05) is 6.42 Å². The maximum atomic E-state index is 13.5. The molecule has 0 unspecified atom stereocenters. The number of nitrogens with one attached hydrogen (secondary N) is 4. The van der Waals surface area contributed by atoms with Crippen LogP contribution in [0.2, 0.25) is 0 Å². The predicted molar refractivity (Wildman–Crippen MR) is 165 cm³/mol. The third-order valence-corrected chi connectivity index (χ3v) is 7.38. The lowest BCUT2D eigenvalue weighted by Gasteiger charge is -2.27. The smallest absolute Gasteiger partial charge is 0.245 e. The molecule has 0 spiro atoms. The zero-order valence-electron chi connectivity index (χ0n) is 25.6. The van der Waals surface area contributed by atoms with Crippen molar-refractivity contribution >= 4 is 23.6 Å². The van der Waals surface area contributed by atoms with E-state index in [1.54, 1.807) is 35.1 Å². The molecule has 3 heterocycles. The molecule has 0 saturated carbocycles. The van der Waals surface area contributed by atoms with E-state index in [9.17, 15) is 24.3 Å². The van der Waals surface area contributed by atoms with Crippen LogP contribution in [0.3, 0.4) is 0 Å². The minimum absolute atomic E-state index is 0.0362. The Balaban J connectivity index is 1.59. The van der Waals surface area contributed by atoms with E-state index in [1.807, 2.05) is 37.3 Å². The summed E-state index contributed by atoms with van der Waals surface area (Å²) in [5.41, 5.74) is 2.05. The van der Waals surface area contributed by atoms with E-state index in [4.69, 9.17) is 4.74 Å². The zero-order valence-corrected chi connectivity index (χ0v) is 25.6. The highest BCUT2D eigenvalue weighted by molar-refractivity contribution is 5.94. The molecule has 4 amide bonds. The predicted octanol–water partition coefficient (Wildman–Crippen LogP) is 0.798. The summed E-state index contributed by atoms with van der Waals surface area (Å²) in [6.45, 7) is 4.14. The second-order valence-corrected chi connectivity index (χ2v) is 11.1. The molecule has 240 valence electrons. The molecule has 0 saturated heterocycles. The molecular formula is C32H41N7O6. The minimum Gasteiger partial charge on any atom is -0.492 e. The fraction of sp³-hybridized carbons (Fsp3) is 0.438. The molecule has 0 radical (unpaired) electrons. The lowest BCUT2D eigenvalue weighted by molar-refractivity contribution is -0.135. The maximum absolute atomic E-state index is 13.5. The molecule has 13 heteroatoms. The van der Waals surface area contributed by atoms with Gasteiger partial charge in [0.05, 0.1) is 31.8 Å². The number of nitrogens with zero attached hydrogens (tertiary/aromatic N) is 3. The molecular weight excluding hydrogens is 578 g/mol. The third kappa shape index (κ3) is 10.1. The van der Waals surface area contributed by atoms with Gasteiger partial charge >= 0.3 is 0 Å². The number of fused-ring (bicyclic) bond motifs is 16. The van der Waals surface area contributed by atoms with Gasteiger partial charge in [-0.2, -0.15) is 0 Å². The van der Waals surface area contributed by atoms with Gasteiger partial charge in [-0.3, -0.25) is 19.2 Å². The fourth-order valence-electron chi connectivity index (χ4n) is 4.88.